The molecule has 1 aliphatic carbocycles. The predicted octanol–water partition coefficient (Wildman–Crippen LogP) is 4.15. The van der Waals surface area contributed by atoms with Crippen molar-refractivity contribution in [1.29, 1.82) is 5.41 Å². The third-order valence-electron chi connectivity index (χ3n) is 8.28. The third-order valence-corrected chi connectivity index (χ3v) is 8.28. The maximum Gasteiger partial charge on any atom is 0.359 e. The van der Waals surface area contributed by atoms with E-state index in [1.54, 1.807) is 50.2 Å². The van der Waals surface area contributed by atoms with Gasteiger partial charge in [0.05, 0.1) is 19.3 Å². The first-order valence-corrected chi connectivity index (χ1v) is 15.8. The van der Waals surface area contributed by atoms with Gasteiger partial charge in [-0.15, -0.1) is 0 Å². The highest BCUT2D eigenvalue weighted by Gasteiger charge is 2.31. The number of carbonyl (C=O) groups is 4. The maximum absolute atomic E-state index is 13.8. The second-order valence-electron chi connectivity index (χ2n) is 12.2. The molecule has 13 nitrogen and oxygen atoms in total. The molecule has 2 amide bonds. The van der Waals surface area contributed by atoms with Crippen LogP contribution in [0, 0.1) is 17.2 Å². The number of carbonyl (C=O) groups excluding carboxylic acids is 4. The summed E-state index contributed by atoms with van der Waals surface area (Å²) in [6, 6.07) is 12.5. The number of pyridine rings is 1. The molecular weight excluding hydrogens is 628 g/mol. The van der Waals surface area contributed by atoms with Crippen LogP contribution in [0.1, 0.15) is 76.1 Å². The number of hydrogen-bond donors (Lipinski definition) is 5. The van der Waals surface area contributed by atoms with Gasteiger partial charge in [-0.05, 0) is 80.1 Å². The normalized spacial score (nSPS) is 14.2. The number of nitrogens with two attached hydrogens (primary N) is 2. The lowest BCUT2D eigenvalue weighted by molar-refractivity contribution is -0.130. The van der Waals surface area contributed by atoms with Crippen LogP contribution in [0.4, 0.5) is 5.69 Å². The molecule has 13 heteroatoms. The molecule has 4 rings (SSSR count). The van der Waals surface area contributed by atoms with Crippen molar-refractivity contribution in [3.63, 3.8) is 0 Å². The Morgan fingerprint density at radius 2 is 1.78 bits per heavy atom. The first-order valence-electron chi connectivity index (χ1n) is 15.8. The van der Waals surface area contributed by atoms with Crippen molar-refractivity contribution in [2.45, 2.75) is 45.4 Å². The Balaban J connectivity index is 1.76. The van der Waals surface area contributed by atoms with Gasteiger partial charge in [-0.2, -0.15) is 0 Å². The maximum atomic E-state index is 13.8. The number of amidine groups is 1. The average molecular weight is 671 g/mol. The van der Waals surface area contributed by atoms with E-state index >= 15 is 0 Å². The molecule has 1 aliphatic rings. The van der Waals surface area contributed by atoms with Gasteiger partial charge < -0.3 is 41.1 Å². The minimum absolute atomic E-state index is 0.0297. The molecule has 1 saturated carbocycles. The fourth-order valence-corrected chi connectivity index (χ4v) is 4.72. The molecule has 258 valence electrons. The monoisotopic (exact) mass is 670 g/mol. The van der Waals surface area contributed by atoms with Crippen LogP contribution in [0.2, 0.25) is 0 Å². The van der Waals surface area contributed by atoms with Crippen molar-refractivity contribution in [3.05, 3.63) is 83.2 Å². The Morgan fingerprint density at radius 1 is 1.08 bits per heavy atom. The summed E-state index contributed by atoms with van der Waals surface area (Å²) in [7, 11) is 1.45. The molecule has 1 unspecified atom stereocenters. The van der Waals surface area contributed by atoms with E-state index in [0.717, 1.165) is 12.8 Å². The summed E-state index contributed by atoms with van der Waals surface area (Å²) in [5, 5.41) is 13.3. The molecule has 0 spiro atoms. The van der Waals surface area contributed by atoms with Gasteiger partial charge in [-0.1, -0.05) is 26.5 Å². The molecule has 2 aromatic carbocycles. The minimum atomic E-state index is -1.30. The third kappa shape index (κ3) is 8.95. The predicted molar refractivity (Wildman–Crippen MR) is 185 cm³/mol. The van der Waals surface area contributed by atoms with Gasteiger partial charge in [0, 0.05) is 40.0 Å². The number of ether oxygens (including phenoxy) is 3. The highest BCUT2D eigenvalue weighted by molar-refractivity contribution is 6.11. The van der Waals surface area contributed by atoms with E-state index in [1.165, 1.54) is 32.2 Å². The quantitative estimate of drug-likeness (QED) is 0.0483. The summed E-state index contributed by atoms with van der Waals surface area (Å²) in [4.78, 5) is 56.7. The first-order chi connectivity index (χ1) is 23.3. The van der Waals surface area contributed by atoms with Gasteiger partial charge in [-0.25, -0.2) is 9.78 Å². The number of anilines is 1. The number of hydrogen-bond acceptors (Lipinski definition) is 10. The van der Waals surface area contributed by atoms with Crippen LogP contribution >= 0.6 is 0 Å². The molecule has 1 heterocycles. The number of esters is 1. The summed E-state index contributed by atoms with van der Waals surface area (Å²) < 4.78 is 16.8. The Bertz CT molecular complexity index is 1750. The topological polar surface area (TPSA) is 209 Å². The molecule has 0 radical (unpaired) electrons. The standard InChI is InChI=1S/C36H42N6O7/c1-6-23-15-28(33(44)41-25-11-9-24(10-12-25)32(37)38)27(16-30(23)47-5)26-13-14-29(34(45)40-17-22-7-8-22)42-31(26)35(46)49-21(4)48-19-36(39,18-43)20(2)3/h6,9-16,18,20-22H,1,7-8,17,19,39H2,2-5H3,(H3,37,38)(H,40,45)(H,41,44)/t21?,36-/m1/s1. The van der Waals surface area contributed by atoms with E-state index in [4.69, 9.17) is 31.1 Å². The van der Waals surface area contributed by atoms with E-state index in [1.807, 2.05) is 0 Å². The molecule has 1 aromatic heterocycles. The fourth-order valence-electron chi connectivity index (χ4n) is 4.72. The zero-order valence-corrected chi connectivity index (χ0v) is 28.0. The van der Waals surface area contributed by atoms with Gasteiger partial charge in [0.25, 0.3) is 11.8 Å². The van der Waals surface area contributed by atoms with Crippen molar-refractivity contribution in [2.75, 3.05) is 25.6 Å². The number of methoxy groups -OCH3 is 1. The van der Waals surface area contributed by atoms with Crippen LogP contribution in [0.5, 0.6) is 5.75 Å². The van der Waals surface area contributed by atoms with Crippen molar-refractivity contribution in [2.24, 2.45) is 23.3 Å². The lowest BCUT2D eigenvalue weighted by Crippen LogP contribution is -2.51. The van der Waals surface area contributed by atoms with Gasteiger partial charge in [-0.3, -0.25) is 15.0 Å². The van der Waals surface area contributed by atoms with Crippen LogP contribution in [-0.2, 0) is 14.3 Å². The first kappa shape index (κ1) is 36.4. The van der Waals surface area contributed by atoms with Crippen molar-refractivity contribution in [3.8, 4) is 16.9 Å². The number of benzene rings is 2. The lowest BCUT2D eigenvalue weighted by atomic mass is 9.90. The summed E-state index contributed by atoms with van der Waals surface area (Å²) in [5.74, 6) is -1.56. The number of nitrogen functional groups attached to an aromatic ring is 1. The zero-order valence-electron chi connectivity index (χ0n) is 28.0. The summed E-state index contributed by atoms with van der Waals surface area (Å²) >= 11 is 0. The molecule has 3 aromatic rings. The van der Waals surface area contributed by atoms with Gasteiger partial charge in [0.15, 0.2) is 5.69 Å². The molecule has 49 heavy (non-hydrogen) atoms. The van der Waals surface area contributed by atoms with Gasteiger partial charge >= 0.3 is 5.97 Å². The summed E-state index contributed by atoms with van der Waals surface area (Å²) in [6.45, 7) is 9.10. The van der Waals surface area contributed by atoms with Crippen LogP contribution in [0.25, 0.3) is 17.2 Å². The van der Waals surface area contributed by atoms with E-state index in [0.29, 0.717) is 41.3 Å². The summed E-state index contributed by atoms with van der Waals surface area (Å²) in [6.07, 6.45) is 3.02. The molecule has 7 N–H and O–H groups in total. The Morgan fingerprint density at radius 3 is 2.35 bits per heavy atom. The van der Waals surface area contributed by atoms with E-state index in [2.05, 4.69) is 22.2 Å². The lowest BCUT2D eigenvalue weighted by Gasteiger charge is -2.28. The second kappa shape index (κ2) is 15.7. The smallest absolute Gasteiger partial charge is 0.359 e. The number of nitrogens with zero attached hydrogens (tertiary/aromatic N) is 1. The average Bonchev–Trinajstić information content (AvgIpc) is 3.93. The number of rotatable bonds is 16. The van der Waals surface area contributed by atoms with Crippen LogP contribution < -0.4 is 26.8 Å². The molecule has 0 aliphatic heterocycles. The van der Waals surface area contributed by atoms with E-state index in [-0.39, 0.29) is 46.4 Å². The second-order valence-corrected chi connectivity index (χ2v) is 12.2. The van der Waals surface area contributed by atoms with E-state index in [9.17, 15) is 19.2 Å². The highest BCUT2D eigenvalue weighted by Crippen LogP contribution is 2.35. The van der Waals surface area contributed by atoms with E-state index < -0.39 is 29.6 Å². The molecule has 0 saturated heterocycles. The Kier molecular flexibility index (Phi) is 11.6. The number of aromatic nitrogens is 1. The molecule has 0 bridgehead atoms. The van der Waals surface area contributed by atoms with Crippen LogP contribution in [0.15, 0.2) is 55.1 Å². The highest BCUT2D eigenvalue weighted by atomic mass is 16.7. The fraction of sp³-hybridized carbons (Fsp3) is 0.333. The molecular formula is C36H42N6O7. The zero-order chi connectivity index (χ0) is 35.9. The van der Waals surface area contributed by atoms with Crippen LogP contribution in [-0.4, -0.2) is 67.0 Å². The largest absolute Gasteiger partial charge is 0.496 e. The van der Waals surface area contributed by atoms with Crippen molar-refractivity contribution >= 4 is 41.7 Å². The Labute approximate surface area is 284 Å². The van der Waals surface area contributed by atoms with Gasteiger partial charge in [0.1, 0.15) is 23.6 Å². The number of amides is 2. The van der Waals surface area contributed by atoms with Crippen molar-refractivity contribution in [1.82, 2.24) is 10.3 Å². The minimum Gasteiger partial charge on any atom is -0.496 e. The number of aldehydes is 1. The van der Waals surface area contributed by atoms with Crippen molar-refractivity contribution < 1.29 is 33.4 Å². The summed E-state index contributed by atoms with van der Waals surface area (Å²) in [5.41, 5.74) is 12.1. The van der Waals surface area contributed by atoms with Crippen LogP contribution in [0.3, 0.4) is 0 Å². The molecule has 1 fully saturated rings. The Hall–Kier alpha value is -5.40. The SMILES string of the molecule is C=Cc1cc(C(=O)Nc2ccc(C(=N)N)cc2)c(-c2ccc(C(=O)NCC3CC3)nc2C(=O)OC(C)OC[C@](N)(C=O)C(C)C)cc1OC. The van der Waals surface area contributed by atoms with Gasteiger partial charge in [0.2, 0.25) is 6.29 Å². The number of nitrogens with one attached hydrogen (secondary N) is 3. The molecule has 2 atom stereocenters.